The highest BCUT2D eigenvalue weighted by Crippen LogP contribution is 2.38. The van der Waals surface area contributed by atoms with E-state index in [1.54, 1.807) is 13.0 Å². The number of aromatic hydroxyl groups is 1. The van der Waals surface area contributed by atoms with E-state index in [0.29, 0.717) is 25.3 Å². The van der Waals surface area contributed by atoms with Crippen LogP contribution in [0.15, 0.2) is 12.1 Å². The van der Waals surface area contributed by atoms with Gasteiger partial charge >= 0.3 is 5.97 Å². The zero-order chi connectivity index (χ0) is 16.3. The minimum absolute atomic E-state index is 0.0985. The van der Waals surface area contributed by atoms with Gasteiger partial charge in [0.2, 0.25) is 0 Å². The summed E-state index contributed by atoms with van der Waals surface area (Å²) in [6, 6.07) is 2.25. The van der Waals surface area contributed by atoms with Gasteiger partial charge in [0, 0.05) is 26.2 Å². The highest BCUT2D eigenvalue weighted by atomic mass is 35.5. The highest BCUT2D eigenvalue weighted by molar-refractivity contribution is 6.32. The van der Waals surface area contributed by atoms with E-state index in [2.05, 4.69) is 4.90 Å². The Hall–Kier alpha value is -1.50. The van der Waals surface area contributed by atoms with Crippen LogP contribution in [0.25, 0.3) is 0 Å². The number of piperazine rings is 1. The van der Waals surface area contributed by atoms with E-state index in [4.69, 9.17) is 16.3 Å². The minimum Gasteiger partial charge on any atom is -0.503 e. The molecule has 0 aromatic heterocycles. The molecule has 1 saturated heterocycles. The van der Waals surface area contributed by atoms with Gasteiger partial charge < -0.3 is 19.8 Å². The molecule has 1 unspecified atom stereocenters. The second kappa shape index (κ2) is 7.17. The van der Waals surface area contributed by atoms with Gasteiger partial charge in [-0.1, -0.05) is 11.6 Å². The van der Waals surface area contributed by atoms with Crippen LogP contribution in [0, 0.1) is 0 Å². The van der Waals surface area contributed by atoms with Crippen molar-refractivity contribution in [1.82, 2.24) is 9.80 Å². The first-order chi connectivity index (χ1) is 10.4. The molecule has 0 aliphatic carbocycles. The lowest BCUT2D eigenvalue weighted by Crippen LogP contribution is -2.47. The fourth-order valence-electron chi connectivity index (χ4n) is 2.61. The molecular formula is C15H21ClN2O4. The Morgan fingerprint density at radius 1 is 1.36 bits per heavy atom. The van der Waals surface area contributed by atoms with Gasteiger partial charge in [-0.25, -0.2) is 0 Å². The number of nitrogens with zero attached hydrogens (tertiary/aromatic N) is 2. The van der Waals surface area contributed by atoms with Gasteiger partial charge in [0.1, 0.15) is 6.04 Å². The second-order valence-corrected chi connectivity index (χ2v) is 5.77. The lowest BCUT2D eigenvalue weighted by molar-refractivity contribution is -0.144. The maximum atomic E-state index is 11.7. The SMILES string of the molecule is CCOc1cc(C(C(=O)O)N2CCN(C)CC2)cc(Cl)c1O. The van der Waals surface area contributed by atoms with E-state index >= 15 is 0 Å². The van der Waals surface area contributed by atoms with E-state index < -0.39 is 12.0 Å². The van der Waals surface area contributed by atoms with Gasteiger partial charge in [0.05, 0.1) is 11.6 Å². The zero-order valence-corrected chi connectivity index (χ0v) is 13.5. The summed E-state index contributed by atoms with van der Waals surface area (Å²) in [5.41, 5.74) is 0.517. The molecule has 0 amide bonds. The molecule has 6 nitrogen and oxygen atoms in total. The number of carboxylic acids is 1. The minimum atomic E-state index is -0.936. The molecule has 2 rings (SSSR count). The van der Waals surface area contributed by atoms with Gasteiger partial charge in [0.25, 0.3) is 0 Å². The highest BCUT2D eigenvalue weighted by Gasteiger charge is 2.31. The molecule has 122 valence electrons. The number of rotatable bonds is 5. The predicted octanol–water partition coefficient (Wildman–Crippen LogP) is 1.82. The molecule has 1 heterocycles. The average Bonchev–Trinajstić information content (AvgIpc) is 2.46. The third-order valence-corrected chi connectivity index (χ3v) is 4.09. The molecule has 22 heavy (non-hydrogen) atoms. The van der Waals surface area contributed by atoms with Crippen molar-refractivity contribution in [3.8, 4) is 11.5 Å². The molecule has 1 aliphatic rings. The first-order valence-corrected chi connectivity index (χ1v) is 7.62. The maximum absolute atomic E-state index is 11.7. The largest absolute Gasteiger partial charge is 0.503 e. The molecule has 2 N–H and O–H groups in total. The van der Waals surface area contributed by atoms with Crippen molar-refractivity contribution < 1.29 is 19.7 Å². The van der Waals surface area contributed by atoms with Crippen molar-refractivity contribution in [1.29, 1.82) is 0 Å². The molecule has 7 heteroatoms. The number of benzene rings is 1. The Morgan fingerprint density at radius 3 is 2.55 bits per heavy atom. The Bertz CT molecular complexity index is 545. The standard InChI is InChI=1S/C15H21ClN2O4/c1-3-22-12-9-10(8-11(16)14(12)19)13(15(20)21)18-6-4-17(2)5-7-18/h8-9,13,19H,3-7H2,1-2H3,(H,20,21). The lowest BCUT2D eigenvalue weighted by atomic mass is 10.0. The molecule has 1 atom stereocenters. The summed E-state index contributed by atoms with van der Waals surface area (Å²) in [5, 5.41) is 19.6. The van der Waals surface area contributed by atoms with Gasteiger partial charge in [0.15, 0.2) is 11.5 Å². The van der Waals surface area contributed by atoms with Gasteiger partial charge in [-0.05, 0) is 31.7 Å². The first kappa shape index (κ1) is 16.9. The summed E-state index contributed by atoms with van der Waals surface area (Å²) in [4.78, 5) is 15.8. The summed E-state index contributed by atoms with van der Waals surface area (Å²) >= 11 is 6.02. The molecule has 0 bridgehead atoms. The van der Waals surface area contributed by atoms with Gasteiger partial charge in [-0.15, -0.1) is 0 Å². The molecule has 0 radical (unpaired) electrons. The van der Waals surface area contributed by atoms with Crippen molar-refractivity contribution in [3.05, 3.63) is 22.7 Å². The average molecular weight is 329 g/mol. The van der Waals surface area contributed by atoms with Crippen molar-refractivity contribution >= 4 is 17.6 Å². The molecule has 1 aromatic rings. The molecule has 0 spiro atoms. The van der Waals surface area contributed by atoms with Crippen LogP contribution in [0.3, 0.4) is 0 Å². The van der Waals surface area contributed by atoms with E-state index in [1.807, 2.05) is 11.9 Å². The Labute approximate surface area is 134 Å². The summed E-state index contributed by atoms with van der Waals surface area (Å²) in [5.74, 6) is -0.881. The summed E-state index contributed by atoms with van der Waals surface area (Å²) in [6.07, 6.45) is 0. The first-order valence-electron chi connectivity index (χ1n) is 7.24. The van der Waals surface area contributed by atoms with Crippen molar-refractivity contribution in [2.75, 3.05) is 39.8 Å². The van der Waals surface area contributed by atoms with Crippen LogP contribution in [0.2, 0.25) is 5.02 Å². The number of halogens is 1. The van der Waals surface area contributed by atoms with Crippen LogP contribution < -0.4 is 4.74 Å². The quantitative estimate of drug-likeness (QED) is 0.859. The fraction of sp³-hybridized carbons (Fsp3) is 0.533. The number of hydrogen-bond acceptors (Lipinski definition) is 5. The normalized spacial score (nSPS) is 18.1. The van der Waals surface area contributed by atoms with Crippen LogP contribution in [0.1, 0.15) is 18.5 Å². The molecule has 1 fully saturated rings. The smallest absolute Gasteiger partial charge is 0.325 e. The van der Waals surface area contributed by atoms with Crippen LogP contribution in [-0.2, 0) is 4.79 Å². The number of carbonyl (C=O) groups is 1. The summed E-state index contributed by atoms with van der Waals surface area (Å²) in [7, 11) is 2.01. The Morgan fingerprint density at radius 2 is 2.00 bits per heavy atom. The van der Waals surface area contributed by atoms with E-state index in [0.717, 1.165) is 13.1 Å². The zero-order valence-electron chi connectivity index (χ0n) is 12.8. The fourth-order valence-corrected chi connectivity index (χ4v) is 2.83. The maximum Gasteiger partial charge on any atom is 0.325 e. The predicted molar refractivity (Wildman–Crippen MR) is 83.7 cm³/mol. The molecular weight excluding hydrogens is 308 g/mol. The molecule has 1 aromatic carbocycles. The third-order valence-electron chi connectivity index (χ3n) is 3.80. The number of phenols is 1. The van der Waals surface area contributed by atoms with Crippen LogP contribution in [0.4, 0.5) is 0 Å². The van der Waals surface area contributed by atoms with E-state index in [9.17, 15) is 15.0 Å². The van der Waals surface area contributed by atoms with Crippen molar-refractivity contribution in [3.63, 3.8) is 0 Å². The Balaban J connectivity index is 2.34. The van der Waals surface area contributed by atoms with E-state index in [-0.39, 0.29) is 16.5 Å². The van der Waals surface area contributed by atoms with Crippen molar-refractivity contribution in [2.24, 2.45) is 0 Å². The lowest BCUT2D eigenvalue weighted by Gasteiger charge is -2.36. The number of hydrogen-bond donors (Lipinski definition) is 2. The monoisotopic (exact) mass is 328 g/mol. The summed E-state index contributed by atoms with van der Waals surface area (Å²) < 4.78 is 5.34. The summed E-state index contributed by atoms with van der Waals surface area (Å²) in [6.45, 7) is 5.10. The topological polar surface area (TPSA) is 73.2 Å². The molecule has 1 aliphatic heterocycles. The van der Waals surface area contributed by atoms with Crippen LogP contribution in [0.5, 0.6) is 11.5 Å². The number of aliphatic carboxylic acids is 1. The number of likely N-dealkylation sites (N-methyl/N-ethyl adjacent to an activating group) is 1. The number of carboxylic acid groups (broad SMARTS) is 1. The van der Waals surface area contributed by atoms with Gasteiger partial charge in [-0.3, -0.25) is 9.69 Å². The molecule has 0 saturated carbocycles. The third kappa shape index (κ3) is 3.63. The van der Waals surface area contributed by atoms with E-state index in [1.165, 1.54) is 6.07 Å². The van der Waals surface area contributed by atoms with Crippen molar-refractivity contribution in [2.45, 2.75) is 13.0 Å². The van der Waals surface area contributed by atoms with Crippen LogP contribution in [-0.4, -0.2) is 65.8 Å². The number of ether oxygens (including phenoxy) is 1. The number of phenolic OH excluding ortho intramolecular Hbond substituents is 1. The van der Waals surface area contributed by atoms with Gasteiger partial charge in [-0.2, -0.15) is 0 Å². The second-order valence-electron chi connectivity index (χ2n) is 5.36. The van der Waals surface area contributed by atoms with Crippen LogP contribution >= 0.6 is 11.6 Å². The Kier molecular flexibility index (Phi) is 5.50.